The van der Waals surface area contributed by atoms with Gasteiger partial charge in [0.2, 0.25) is 0 Å². The van der Waals surface area contributed by atoms with E-state index in [1.54, 1.807) is 4.90 Å². The van der Waals surface area contributed by atoms with E-state index in [0.29, 0.717) is 58.0 Å². The van der Waals surface area contributed by atoms with Gasteiger partial charge in [0.05, 0.1) is 0 Å². The predicted molar refractivity (Wildman–Crippen MR) is 192 cm³/mol. The third kappa shape index (κ3) is 8.50. The summed E-state index contributed by atoms with van der Waals surface area (Å²) in [5.74, 6) is -0.129. The SMILES string of the molecule is C.Cc1c(Br)cc(C[C@@H](OC(=O)N2CCC(N3CCc4ccccc4NC3=O)CC2)C(=O)N2CCC(N3CCNCC3)CC2)cc1Br. The van der Waals surface area contributed by atoms with Crippen molar-refractivity contribution >= 4 is 55.6 Å². The van der Waals surface area contributed by atoms with Crippen molar-refractivity contribution in [1.29, 1.82) is 0 Å². The lowest BCUT2D eigenvalue weighted by atomic mass is 10.00. The third-order valence-corrected chi connectivity index (χ3v) is 11.7. The number of amides is 4. The summed E-state index contributed by atoms with van der Waals surface area (Å²) in [6.07, 6.45) is 2.88. The van der Waals surface area contributed by atoms with Gasteiger partial charge in [-0.2, -0.15) is 0 Å². The molecule has 2 aromatic carbocycles. The van der Waals surface area contributed by atoms with E-state index in [1.165, 1.54) is 0 Å². The van der Waals surface area contributed by atoms with Gasteiger partial charge in [-0.15, -0.1) is 0 Å². The Bertz CT molecular complexity index is 1400. The van der Waals surface area contributed by atoms with Gasteiger partial charge < -0.3 is 30.1 Å². The molecule has 2 aromatic rings. The highest BCUT2D eigenvalue weighted by Gasteiger charge is 2.36. The smallest absolute Gasteiger partial charge is 0.410 e. The Morgan fingerprint density at radius 1 is 0.894 bits per heavy atom. The molecule has 3 fully saturated rings. The predicted octanol–water partition coefficient (Wildman–Crippen LogP) is 5.65. The quantitative estimate of drug-likeness (QED) is 0.394. The zero-order valence-electron chi connectivity index (χ0n) is 26.5. The molecule has 2 N–H and O–H groups in total. The molecule has 0 aromatic heterocycles. The van der Waals surface area contributed by atoms with Gasteiger partial charge in [0.25, 0.3) is 5.91 Å². The van der Waals surface area contributed by atoms with E-state index in [9.17, 15) is 14.4 Å². The third-order valence-electron chi connectivity index (χ3n) is 10.0. The van der Waals surface area contributed by atoms with Crippen LogP contribution in [0.25, 0.3) is 0 Å². The maximum Gasteiger partial charge on any atom is 0.410 e. The maximum atomic E-state index is 14.0. The second-order valence-corrected chi connectivity index (χ2v) is 14.6. The molecule has 1 atom stereocenters. The number of hydrogen-bond donors (Lipinski definition) is 2. The first kappa shape index (κ1) is 35.6. The molecule has 4 aliphatic heterocycles. The molecule has 12 heteroatoms. The normalized spacial score (nSPS) is 20.5. The molecule has 4 heterocycles. The Kier molecular flexibility index (Phi) is 12.2. The molecule has 0 unspecified atom stereocenters. The van der Waals surface area contributed by atoms with E-state index in [4.69, 9.17) is 4.74 Å². The monoisotopic (exact) mass is 774 g/mol. The van der Waals surface area contributed by atoms with Gasteiger partial charge in [0.15, 0.2) is 6.10 Å². The second-order valence-electron chi connectivity index (χ2n) is 12.9. The average Bonchev–Trinajstić information content (AvgIpc) is 3.25. The minimum atomic E-state index is -0.919. The van der Waals surface area contributed by atoms with Gasteiger partial charge in [0.1, 0.15) is 0 Å². The fourth-order valence-corrected chi connectivity index (χ4v) is 8.49. The number of benzene rings is 2. The number of rotatable bonds is 6. The topological polar surface area (TPSA) is 97.5 Å². The van der Waals surface area contributed by atoms with Gasteiger partial charge in [-0.25, -0.2) is 9.59 Å². The summed E-state index contributed by atoms with van der Waals surface area (Å²) < 4.78 is 7.96. The van der Waals surface area contributed by atoms with Gasteiger partial charge in [-0.3, -0.25) is 9.69 Å². The van der Waals surface area contributed by atoms with Crippen LogP contribution >= 0.6 is 31.9 Å². The van der Waals surface area contributed by atoms with Crippen molar-refractivity contribution in [2.45, 2.75) is 71.1 Å². The molecule has 0 bridgehead atoms. The van der Waals surface area contributed by atoms with E-state index in [-0.39, 0.29) is 25.4 Å². The first-order valence-corrected chi connectivity index (χ1v) is 18.1. The lowest BCUT2D eigenvalue weighted by Gasteiger charge is -2.41. The lowest BCUT2D eigenvalue weighted by Crippen LogP contribution is -2.54. The van der Waals surface area contributed by atoms with Crippen molar-refractivity contribution in [2.24, 2.45) is 0 Å². The van der Waals surface area contributed by atoms with E-state index in [0.717, 1.165) is 76.8 Å². The highest BCUT2D eigenvalue weighted by atomic mass is 79.9. The fourth-order valence-electron chi connectivity index (χ4n) is 7.21. The minimum absolute atomic E-state index is 0. The second kappa shape index (κ2) is 16.2. The van der Waals surface area contributed by atoms with Gasteiger partial charge in [0, 0.05) is 92.0 Å². The number of piperazine rings is 1. The summed E-state index contributed by atoms with van der Waals surface area (Å²) in [4.78, 5) is 48.7. The fraction of sp³-hybridized carbons (Fsp3) is 0.571. The van der Waals surface area contributed by atoms with Gasteiger partial charge in [-0.05, 0) is 73.9 Å². The van der Waals surface area contributed by atoms with Crippen LogP contribution < -0.4 is 10.6 Å². The number of carbonyl (C=O) groups is 3. The molecule has 0 aliphatic carbocycles. The van der Waals surface area contributed by atoms with Crippen molar-refractivity contribution in [2.75, 3.05) is 64.2 Å². The van der Waals surface area contributed by atoms with Crippen molar-refractivity contribution in [1.82, 2.24) is 24.9 Å². The van der Waals surface area contributed by atoms with Crippen LogP contribution in [-0.4, -0.2) is 115 Å². The molecule has 3 saturated heterocycles. The largest absolute Gasteiger partial charge is 0.436 e. The zero-order chi connectivity index (χ0) is 32.2. The molecule has 4 amide bonds. The average molecular weight is 777 g/mol. The number of ether oxygens (including phenoxy) is 1. The van der Waals surface area contributed by atoms with Crippen LogP contribution in [0, 0.1) is 6.92 Å². The number of carbonyl (C=O) groups excluding carboxylic acids is 3. The van der Waals surface area contributed by atoms with Crippen LogP contribution in [0.5, 0.6) is 0 Å². The molecular formula is C35H48Br2N6O4. The highest BCUT2D eigenvalue weighted by molar-refractivity contribution is 9.11. The number of nitrogens with one attached hydrogen (secondary N) is 2. The van der Waals surface area contributed by atoms with E-state index < -0.39 is 12.2 Å². The number of anilines is 1. The van der Waals surface area contributed by atoms with E-state index in [2.05, 4.69) is 53.5 Å². The van der Waals surface area contributed by atoms with E-state index in [1.807, 2.05) is 47.1 Å². The molecule has 4 aliphatic rings. The van der Waals surface area contributed by atoms with Crippen molar-refractivity contribution in [3.8, 4) is 0 Å². The number of likely N-dealkylation sites (tertiary alicyclic amines) is 2. The summed E-state index contributed by atoms with van der Waals surface area (Å²) >= 11 is 7.26. The molecule has 0 saturated carbocycles. The summed E-state index contributed by atoms with van der Waals surface area (Å²) in [5, 5.41) is 6.47. The number of halogens is 2. The van der Waals surface area contributed by atoms with Gasteiger partial charge >= 0.3 is 12.1 Å². The van der Waals surface area contributed by atoms with Gasteiger partial charge in [-0.1, -0.05) is 57.5 Å². The van der Waals surface area contributed by atoms with Crippen molar-refractivity contribution in [3.05, 3.63) is 62.0 Å². The zero-order valence-corrected chi connectivity index (χ0v) is 29.7. The standard InChI is InChI=1S/C34H44Br2N6O4.CH4/c1-23-28(35)20-24(21-29(23)36)22-31(32(43)40-13-7-26(8-14-40)39-18-11-37-12-19-39)46-34(45)41-15-9-27(10-16-41)42-17-6-25-4-2-3-5-30(25)38-33(42)44;/h2-5,20-21,26-27,31,37H,6-19,22H2,1H3,(H,38,44);1H4/t31-;/m1./s1. The van der Waals surface area contributed by atoms with Crippen LogP contribution in [0.1, 0.15) is 49.8 Å². The van der Waals surface area contributed by atoms with E-state index >= 15 is 0 Å². The van der Waals surface area contributed by atoms with Crippen molar-refractivity contribution in [3.63, 3.8) is 0 Å². The van der Waals surface area contributed by atoms with Crippen LogP contribution in [0.15, 0.2) is 45.3 Å². The Balaban J connectivity index is 0.00000433. The summed E-state index contributed by atoms with van der Waals surface area (Å²) in [7, 11) is 0. The Labute approximate surface area is 295 Å². The maximum absolute atomic E-state index is 14.0. The molecule has 47 heavy (non-hydrogen) atoms. The molecular weight excluding hydrogens is 728 g/mol. The minimum Gasteiger partial charge on any atom is -0.436 e. The number of fused-ring (bicyclic) bond motifs is 1. The Hall–Kier alpha value is -2.67. The van der Waals surface area contributed by atoms with Crippen LogP contribution in [0.3, 0.4) is 0 Å². The van der Waals surface area contributed by atoms with Crippen LogP contribution in [0.4, 0.5) is 15.3 Å². The number of piperidine rings is 2. The van der Waals surface area contributed by atoms with Crippen molar-refractivity contribution < 1.29 is 19.1 Å². The summed E-state index contributed by atoms with van der Waals surface area (Å²) in [6.45, 7) is 9.03. The summed E-state index contributed by atoms with van der Waals surface area (Å²) in [6, 6.07) is 12.4. The molecule has 256 valence electrons. The first-order valence-electron chi connectivity index (χ1n) is 16.6. The number of para-hydroxylation sites is 1. The molecule has 10 nitrogen and oxygen atoms in total. The van der Waals surface area contributed by atoms with Crippen LogP contribution in [0.2, 0.25) is 0 Å². The Morgan fingerprint density at radius 2 is 1.51 bits per heavy atom. The summed E-state index contributed by atoms with van der Waals surface area (Å²) in [5.41, 5.74) is 3.99. The molecule has 0 spiro atoms. The lowest BCUT2D eigenvalue weighted by molar-refractivity contribution is -0.142. The first-order chi connectivity index (χ1) is 22.3. The number of nitrogens with zero attached hydrogens (tertiary/aromatic N) is 4. The molecule has 6 rings (SSSR count). The van der Waals surface area contributed by atoms with Crippen LogP contribution in [-0.2, 0) is 22.4 Å². The highest BCUT2D eigenvalue weighted by Crippen LogP contribution is 2.29. The Morgan fingerprint density at radius 3 is 2.19 bits per heavy atom. The number of hydrogen-bond acceptors (Lipinski definition) is 6. The molecule has 0 radical (unpaired) electrons. The number of urea groups is 1.